The minimum atomic E-state index is -1.65. The van der Waals surface area contributed by atoms with Crippen LogP contribution in [-0.4, -0.2) is 87.3 Å². The van der Waals surface area contributed by atoms with Crippen molar-refractivity contribution in [3.05, 3.63) is 0 Å². The average Bonchev–Trinajstić information content (AvgIpc) is 3.12. The maximum Gasteiger partial charge on any atom is 0.328 e. The van der Waals surface area contributed by atoms with Crippen LogP contribution >= 0.6 is 12.6 Å². The number of nitrogens with two attached hydrogens (primary N) is 2. The van der Waals surface area contributed by atoms with Gasteiger partial charge in [-0.1, -0.05) is 0 Å². The monoisotopic (exact) mass is 433 g/mol. The van der Waals surface area contributed by atoms with Crippen LogP contribution in [0.5, 0.6) is 0 Å². The van der Waals surface area contributed by atoms with Gasteiger partial charge < -0.3 is 37.2 Å². The molecule has 164 valence electrons. The first-order valence-corrected chi connectivity index (χ1v) is 9.59. The molecule has 29 heavy (non-hydrogen) atoms. The zero-order valence-electron chi connectivity index (χ0n) is 15.9. The number of rotatable bonds is 10. The van der Waals surface area contributed by atoms with E-state index in [1.807, 2.05) is 0 Å². The van der Waals surface area contributed by atoms with E-state index < -0.39 is 66.3 Å². The molecule has 1 fully saturated rings. The Balaban J connectivity index is 2.92. The maximum atomic E-state index is 12.7. The van der Waals surface area contributed by atoms with E-state index in [4.69, 9.17) is 16.6 Å². The van der Waals surface area contributed by atoms with Crippen molar-refractivity contribution in [2.75, 3.05) is 12.3 Å². The second kappa shape index (κ2) is 11.0. The van der Waals surface area contributed by atoms with Crippen LogP contribution in [0.1, 0.15) is 26.2 Å². The highest BCUT2D eigenvalue weighted by molar-refractivity contribution is 7.80. The van der Waals surface area contributed by atoms with Gasteiger partial charge in [0.2, 0.25) is 23.6 Å². The molecule has 0 aromatic heterocycles. The Kier molecular flexibility index (Phi) is 9.33. The average molecular weight is 433 g/mol. The fourth-order valence-electron chi connectivity index (χ4n) is 2.92. The molecule has 0 aromatic carbocycles. The van der Waals surface area contributed by atoms with Crippen LogP contribution in [0.2, 0.25) is 0 Å². The van der Waals surface area contributed by atoms with Gasteiger partial charge in [-0.2, -0.15) is 12.6 Å². The molecule has 13 heteroatoms. The molecule has 4 amide bonds. The van der Waals surface area contributed by atoms with Crippen molar-refractivity contribution in [2.45, 2.75) is 56.5 Å². The van der Waals surface area contributed by atoms with Crippen LogP contribution in [0.3, 0.4) is 0 Å². The van der Waals surface area contributed by atoms with Crippen molar-refractivity contribution in [2.24, 2.45) is 11.5 Å². The second-order valence-corrected chi connectivity index (χ2v) is 7.14. The SMILES string of the molecule is CC(O)C(NC(=O)C(CC(N)=O)NC(=O)C1CCCN1C(=O)C(N)CS)C(=O)O. The Labute approximate surface area is 172 Å². The largest absolute Gasteiger partial charge is 0.480 e. The van der Waals surface area contributed by atoms with Crippen LogP contribution in [0.4, 0.5) is 0 Å². The van der Waals surface area contributed by atoms with Gasteiger partial charge in [0.15, 0.2) is 6.04 Å². The quantitative estimate of drug-likeness (QED) is 0.172. The second-order valence-electron chi connectivity index (χ2n) is 6.78. The molecule has 0 spiro atoms. The lowest BCUT2D eigenvalue weighted by atomic mass is 10.1. The van der Waals surface area contributed by atoms with Gasteiger partial charge in [0.1, 0.15) is 12.1 Å². The normalized spacial score (nSPS) is 20.3. The van der Waals surface area contributed by atoms with Crippen LogP contribution in [-0.2, 0) is 24.0 Å². The van der Waals surface area contributed by atoms with E-state index in [1.54, 1.807) is 0 Å². The van der Waals surface area contributed by atoms with Crippen LogP contribution in [0.25, 0.3) is 0 Å². The predicted molar refractivity (Wildman–Crippen MR) is 104 cm³/mol. The summed E-state index contributed by atoms with van der Waals surface area (Å²) in [4.78, 5) is 61.1. The number of aliphatic carboxylic acids is 1. The summed E-state index contributed by atoms with van der Waals surface area (Å²) in [6.45, 7) is 1.46. The van der Waals surface area contributed by atoms with Crippen LogP contribution in [0, 0.1) is 0 Å². The summed E-state index contributed by atoms with van der Waals surface area (Å²) in [7, 11) is 0. The number of hydrogen-bond donors (Lipinski definition) is 7. The molecule has 1 rings (SSSR count). The third kappa shape index (κ3) is 6.87. The first kappa shape index (κ1) is 24.7. The van der Waals surface area contributed by atoms with E-state index in [1.165, 1.54) is 4.90 Å². The summed E-state index contributed by atoms with van der Waals surface area (Å²) in [6.07, 6.45) is -1.15. The molecule has 12 nitrogen and oxygen atoms in total. The number of hydrogen-bond acceptors (Lipinski definition) is 8. The lowest BCUT2D eigenvalue weighted by Crippen LogP contribution is -2.58. The molecule has 0 aliphatic carbocycles. The Morgan fingerprint density at radius 2 is 1.86 bits per heavy atom. The van der Waals surface area contributed by atoms with E-state index >= 15 is 0 Å². The number of carboxylic acids is 1. The van der Waals surface area contributed by atoms with E-state index in [2.05, 4.69) is 23.3 Å². The van der Waals surface area contributed by atoms with Gasteiger partial charge >= 0.3 is 5.97 Å². The van der Waals surface area contributed by atoms with Crippen molar-refractivity contribution in [1.29, 1.82) is 0 Å². The number of carbonyl (C=O) groups excluding carboxylic acids is 4. The molecule has 1 aliphatic heterocycles. The van der Waals surface area contributed by atoms with Gasteiger partial charge in [0.05, 0.1) is 18.6 Å². The van der Waals surface area contributed by atoms with Crippen LogP contribution < -0.4 is 22.1 Å². The molecule has 1 aliphatic rings. The maximum absolute atomic E-state index is 12.7. The molecular formula is C16H27N5O7S. The summed E-state index contributed by atoms with van der Waals surface area (Å²) in [5, 5.41) is 22.9. The minimum Gasteiger partial charge on any atom is -0.480 e. The lowest BCUT2D eigenvalue weighted by Gasteiger charge is -2.28. The topological polar surface area (TPSA) is 205 Å². The molecule has 0 saturated carbocycles. The predicted octanol–water partition coefficient (Wildman–Crippen LogP) is -3.46. The summed E-state index contributed by atoms with van der Waals surface area (Å²) in [5.74, 6) is -4.49. The highest BCUT2D eigenvalue weighted by atomic mass is 32.1. The number of amides is 4. The van der Waals surface area contributed by atoms with Gasteiger partial charge in [-0.3, -0.25) is 19.2 Å². The third-order valence-electron chi connectivity index (χ3n) is 4.44. The molecule has 1 saturated heterocycles. The number of aliphatic hydroxyl groups excluding tert-OH is 1. The number of aliphatic hydroxyl groups is 1. The molecule has 5 atom stereocenters. The summed E-state index contributed by atoms with van der Waals surface area (Å²) < 4.78 is 0. The van der Waals surface area contributed by atoms with Gasteiger partial charge in [-0.05, 0) is 19.8 Å². The Morgan fingerprint density at radius 3 is 2.34 bits per heavy atom. The third-order valence-corrected chi connectivity index (χ3v) is 4.83. The summed E-state index contributed by atoms with van der Waals surface area (Å²) in [5.41, 5.74) is 10.8. The van der Waals surface area contributed by atoms with Gasteiger partial charge in [-0.15, -0.1) is 0 Å². The fraction of sp³-hybridized carbons (Fsp3) is 0.688. The molecule has 0 radical (unpaired) electrons. The summed E-state index contributed by atoms with van der Waals surface area (Å²) >= 11 is 3.97. The number of nitrogens with one attached hydrogen (secondary N) is 2. The number of likely N-dealkylation sites (tertiary alicyclic amines) is 1. The number of nitrogens with zero attached hydrogens (tertiary/aromatic N) is 1. The Morgan fingerprint density at radius 1 is 1.24 bits per heavy atom. The highest BCUT2D eigenvalue weighted by Gasteiger charge is 2.38. The molecule has 8 N–H and O–H groups in total. The van der Waals surface area contributed by atoms with Crippen molar-refractivity contribution in [3.63, 3.8) is 0 Å². The lowest BCUT2D eigenvalue weighted by molar-refractivity contribution is -0.145. The number of carbonyl (C=O) groups is 5. The molecule has 5 unspecified atom stereocenters. The zero-order chi connectivity index (χ0) is 22.3. The highest BCUT2D eigenvalue weighted by Crippen LogP contribution is 2.19. The smallest absolute Gasteiger partial charge is 0.328 e. The minimum absolute atomic E-state index is 0.0896. The molecular weight excluding hydrogens is 406 g/mol. The Hall–Kier alpha value is -2.38. The number of primary amides is 1. The van der Waals surface area contributed by atoms with E-state index in [9.17, 15) is 29.1 Å². The Bertz CT molecular complexity index is 660. The van der Waals surface area contributed by atoms with Crippen molar-refractivity contribution in [3.8, 4) is 0 Å². The van der Waals surface area contributed by atoms with Gasteiger partial charge in [0.25, 0.3) is 0 Å². The molecule has 0 aromatic rings. The first-order chi connectivity index (χ1) is 13.5. The molecule has 0 bridgehead atoms. The standard InChI is InChI=1S/C16H27N5O7S/c1-7(22)12(16(27)28)20-13(24)9(5-11(18)23)19-14(25)10-3-2-4-21(10)15(26)8(17)6-29/h7-10,12,22,29H,2-6,17H2,1H3,(H2,18,23)(H,19,25)(H,20,24)(H,27,28). The summed E-state index contributed by atoms with van der Waals surface area (Å²) in [6, 6.07) is -4.91. The zero-order valence-corrected chi connectivity index (χ0v) is 16.8. The van der Waals surface area contributed by atoms with Crippen LogP contribution in [0.15, 0.2) is 0 Å². The van der Waals surface area contributed by atoms with E-state index in [-0.39, 0.29) is 5.75 Å². The van der Waals surface area contributed by atoms with Crippen molar-refractivity contribution < 1.29 is 34.2 Å². The van der Waals surface area contributed by atoms with E-state index in [0.29, 0.717) is 19.4 Å². The van der Waals surface area contributed by atoms with E-state index in [0.717, 1.165) is 6.92 Å². The van der Waals surface area contributed by atoms with Crippen molar-refractivity contribution in [1.82, 2.24) is 15.5 Å². The molecule has 1 heterocycles. The fourth-order valence-corrected chi connectivity index (χ4v) is 3.07. The van der Waals surface area contributed by atoms with Gasteiger partial charge in [-0.25, -0.2) is 4.79 Å². The number of thiol groups is 1. The number of carboxylic acid groups (broad SMARTS) is 1. The van der Waals surface area contributed by atoms with Gasteiger partial charge in [0, 0.05) is 12.3 Å². The first-order valence-electron chi connectivity index (χ1n) is 8.96. The van der Waals surface area contributed by atoms with Crippen molar-refractivity contribution >= 4 is 42.2 Å².